The van der Waals surface area contributed by atoms with Gasteiger partial charge in [0.25, 0.3) is 0 Å². The van der Waals surface area contributed by atoms with Crippen molar-refractivity contribution in [1.29, 1.82) is 0 Å². The monoisotopic (exact) mass is 341 g/mol. The fourth-order valence-electron chi connectivity index (χ4n) is 3.36. The lowest BCUT2D eigenvalue weighted by atomic mass is 9.94. The number of hydrogen-bond donors (Lipinski definition) is 1. The number of nitrogens with zero attached hydrogens (tertiary/aromatic N) is 1. The highest BCUT2D eigenvalue weighted by Crippen LogP contribution is 2.23. The number of aliphatic carboxylic acids is 1. The van der Waals surface area contributed by atoms with Gasteiger partial charge in [0.1, 0.15) is 11.5 Å². The third-order valence-corrected chi connectivity index (χ3v) is 4.64. The number of carboxylic acids is 1. The highest BCUT2D eigenvalue weighted by molar-refractivity contribution is 5.76. The molecule has 1 fully saturated rings. The molecule has 1 saturated heterocycles. The van der Waals surface area contributed by atoms with E-state index in [-0.39, 0.29) is 18.2 Å². The molecular formula is C20H23NO4. The van der Waals surface area contributed by atoms with Crippen LogP contribution in [0.4, 0.5) is 0 Å². The first-order valence-corrected chi connectivity index (χ1v) is 8.75. The van der Waals surface area contributed by atoms with Gasteiger partial charge in [0.15, 0.2) is 0 Å². The van der Waals surface area contributed by atoms with Gasteiger partial charge in [-0.3, -0.25) is 9.59 Å². The number of hydrogen-bond acceptors (Lipinski definition) is 3. The molecule has 0 unspecified atom stereocenters. The summed E-state index contributed by atoms with van der Waals surface area (Å²) >= 11 is 0. The minimum absolute atomic E-state index is 0.0727. The molecule has 25 heavy (non-hydrogen) atoms. The maximum atomic E-state index is 12.4. The van der Waals surface area contributed by atoms with E-state index in [1.165, 1.54) is 0 Å². The van der Waals surface area contributed by atoms with E-state index in [1.54, 1.807) is 4.90 Å². The normalized spacial score (nSPS) is 17.4. The standard InChI is InChI=1S/C20H23NO4/c22-19(21-12-4-5-15(14-21)13-20(23)24)11-9-17-8-10-18(25-17)16-6-2-1-3-7-16/h1-3,6-8,10,15H,4-5,9,11-14H2,(H,23,24)/t15-/m0/s1. The summed E-state index contributed by atoms with van der Waals surface area (Å²) in [6.45, 7) is 1.28. The van der Waals surface area contributed by atoms with E-state index in [1.807, 2.05) is 42.5 Å². The molecule has 1 atom stereocenters. The van der Waals surface area contributed by atoms with E-state index in [0.717, 1.165) is 36.5 Å². The number of carboxylic acid groups (broad SMARTS) is 1. The molecule has 1 aromatic carbocycles. The number of carbonyl (C=O) groups excluding carboxylic acids is 1. The number of benzene rings is 1. The van der Waals surface area contributed by atoms with Crippen molar-refractivity contribution in [1.82, 2.24) is 4.90 Å². The van der Waals surface area contributed by atoms with Crippen LogP contribution in [0, 0.1) is 5.92 Å². The summed E-state index contributed by atoms with van der Waals surface area (Å²) in [5.74, 6) is 0.966. The fraction of sp³-hybridized carbons (Fsp3) is 0.400. The van der Waals surface area contributed by atoms with Crippen molar-refractivity contribution in [2.24, 2.45) is 5.92 Å². The van der Waals surface area contributed by atoms with Gasteiger partial charge >= 0.3 is 5.97 Å². The highest BCUT2D eigenvalue weighted by atomic mass is 16.4. The quantitative estimate of drug-likeness (QED) is 0.871. The highest BCUT2D eigenvalue weighted by Gasteiger charge is 2.25. The smallest absolute Gasteiger partial charge is 0.303 e. The number of amides is 1. The number of carbonyl (C=O) groups is 2. The van der Waals surface area contributed by atoms with E-state index < -0.39 is 5.97 Å². The molecule has 0 radical (unpaired) electrons. The molecule has 0 spiro atoms. The molecule has 5 nitrogen and oxygen atoms in total. The number of furan rings is 1. The van der Waals surface area contributed by atoms with E-state index >= 15 is 0 Å². The first-order chi connectivity index (χ1) is 12.1. The molecule has 0 saturated carbocycles. The van der Waals surface area contributed by atoms with Crippen molar-refractivity contribution in [3.63, 3.8) is 0 Å². The predicted octanol–water partition coefficient (Wildman–Crippen LogP) is 3.59. The minimum atomic E-state index is -0.789. The van der Waals surface area contributed by atoms with Crippen LogP contribution in [0.2, 0.25) is 0 Å². The van der Waals surface area contributed by atoms with Gasteiger partial charge in [-0.05, 0) is 30.9 Å². The molecule has 1 aliphatic heterocycles. The molecule has 1 N–H and O–H groups in total. The molecule has 1 aromatic heterocycles. The molecule has 2 aromatic rings. The van der Waals surface area contributed by atoms with Crippen molar-refractivity contribution >= 4 is 11.9 Å². The molecule has 0 aliphatic carbocycles. The van der Waals surface area contributed by atoms with Crippen molar-refractivity contribution in [2.45, 2.75) is 32.1 Å². The Labute approximate surface area is 147 Å². The number of aryl methyl sites for hydroxylation is 1. The Balaban J connectivity index is 1.52. The summed E-state index contributed by atoms with van der Waals surface area (Å²) in [5, 5.41) is 8.92. The minimum Gasteiger partial charge on any atom is -0.481 e. The van der Waals surface area contributed by atoms with Crippen LogP contribution in [-0.2, 0) is 16.0 Å². The van der Waals surface area contributed by atoms with E-state index in [2.05, 4.69) is 0 Å². The lowest BCUT2D eigenvalue weighted by Gasteiger charge is -2.32. The maximum Gasteiger partial charge on any atom is 0.303 e. The zero-order chi connectivity index (χ0) is 17.6. The first kappa shape index (κ1) is 17.3. The number of rotatable bonds is 6. The zero-order valence-corrected chi connectivity index (χ0v) is 14.2. The summed E-state index contributed by atoms with van der Waals surface area (Å²) in [7, 11) is 0. The third kappa shape index (κ3) is 4.72. The van der Waals surface area contributed by atoms with Gasteiger partial charge in [0.2, 0.25) is 5.91 Å². The molecule has 5 heteroatoms. The van der Waals surface area contributed by atoms with Crippen LogP contribution in [0.5, 0.6) is 0 Å². The van der Waals surface area contributed by atoms with Gasteiger partial charge in [-0.25, -0.2) is 0 Å². The van der Waals surface area contributed by atoms with Crippen LogP contribution in [0.15, 0.2) is 46.9 Å². The SMILES string of the molecule is O=C(O)C[C@@H]1CCCN(C(=O)CCc2ccc(-c3ccccc3)o2)C1. The first-order valence-electron chi connectivity index (χ1n) is 8.75. The van der Waals surface area contributed by atoms with Crippen molar-refractivity contribution in [3.05, 3.63) is 48.2 Å². The largest absolute Gasteiger partial charge is 0.481 e. The summed E-state index contributed by atoms with van der Waals surface area (Å²) in [4.78, 5) is 25.1. The molecule has 2 heterocycles. The lowest BCUT2D eigenvalue weighted by Crippen LogP contribution is -2.40. The summed E-state index contributed by atoms with van der Waals surface area (Å²) in [5.41, 5.74) is 1.02. The van der Waals surface area contributed by atoms with Crippen LogP contribution in [0.25, 0.3) is 11.3 Å². The molecule has 0 bridgehead atoms. The maximum absolute atomic E-state index is 12.4. The molecular weight excluding hydrogens is 318 g/mol. The summed E-state index contributed by atoms with van der Waals surface area (Å²) in [6.07, 6.45) is 2.85. The van der Waals surface area contributed by atoms with Crippen molar-refractivity contribution < 1.29 is 19.1 Å². The summed E-state index contributed by atoms with van der Waals surface area (Å²) < 4.78 is 5.83. The Hall–Kier alpha value is -2.56. The Bertz CT molecular complexity index is 722. The fourth-order valence-corrected chi connectivity index (χ4v) is 3.36. The van der Waals surface area contributed by atoms with Crippen LogP contribution in [0.1, 0.15) is 31.4 Å². The Morgan fingerprint density at radius 1 is 1.16 bits per heavy atom. The van der Waals surface area contributed by atoms with Gasteiger partial charge in [-0.1, -0.05) is 30.3 Å². The van der Waals surface area contributed by atoms with Gasteiger partial charge in [0, 0.05) is 37.9 Å². The second-order valence-electron chi connectivity index (χ2n) is 6.58. The van der Waals surface area contributed by atoms with E-state index in [4.69, 9.17) is 9.52 Å². The number of piperidine rings is 1. The van der Waals surface area contributed by atoms with Gasteiger partial charge in [-0.2, -0.15) is 0 Å². The van der Waals surface area contributed by atoms with E-state index in [0.29, 0.717) is 19.4 Å². The van der Waals surface area contributed by atoms with E-state index in [9.17, 15) is 9.59 Å². The van der Waals surface area contributed by atoms with Crippen LogP contribution in [-0.4, -0.2) is 35.0 Å². The lowest BCUT2D eigenvalue weighted by molar-refractivity contribution is -0.140. The zero-order valence-electron chi connectivity index (χ0n) is 14.2. The molecule has 132 valence electrons. The second-order valence-corrected chi connectivity index (χ2v) is 6.58. The predicted molar refractivity (Wildman–Crippen MR) is 94.0 cm³/mol. The molecule has 1 amide bonds. The third-order valence-electron chi connectivity index (χ3n) is 4.64. The summed E-state index contributed by atoms with van der Waals surface area (Å²) in [6, 6.07) is 13.7. The average Bonchev–Trinajstić information content (AvgIpc) is 3.09. The van der Waals surface area contributed by atoms with Crippen LogP contribution < -0.4 is 0 Å². The molecule has 1 aliphatic rings. The van der Waals surface area contributed by atoms with Crippen molar-refractivity contribution in [2.75, 3.05) is 13.1 Å². The van der Waals surface area contributed by atoms with Gasteiger partial charge < -0.3 is 14.4 Å². The number of likely N-dealkylation sites (tertiary alicyclic amines) is 1. The van der Waals surface area contributed by atoms with Gasteiger partial charge in [0.05, 0.1) is 0 Å². The molecule has 3 rings (SSSR count). The Kier molecular flexibility index (Phi) is 5.53. The van der Waals surface area contributed by atoms with Gasteiger partial charge in [-0.15, -0.1) is 0 Å². The topological polar surface area (TPSA) is 70.8 Å². The Morgan fingerprint density at radius 2 is 1.96 bits per heavy atom. The van der Waals surface area contributed by atoms with Crippen LogP contribution in [0.3, 0.4) is 0 Å². The van der Waals surface area contributed by atoms with Crippen molar-refractivity contribution in [3.8, 4) is 11.3 Å². The average molecular weight is 341 g/mol. The Morgan fingerprint density at radius 3 is 2.72 bits per heavy atom. The van der Waals surface area contributed by atoms with Crippen LogP contribution >= 0.6 is 0 Å². The second kappa shape index (κ2) is 8.01.